The lowest BCUT2D eigenvalue weighted by molar-refractivity contribution is 0.462. The molecule has 1 aromatic rings. The van der Waals surface area contributed by atoms with Crippen LogP contribution in [0.15, 0.2) is 15.9 Å². The highest BCUT2D eigenvalue weighted by Gasteiger charge is 2.28. The Kier molecular flexibility index (Phi) is 5.13. The van der Waals surface area contributed by atoms with Gasteiger partial charge in [-0.15, -0.1) is 11.3 Å². The number of nitrogens with zero attached hydrogens (tertiary/aromatic N) is 2. The van der Waals surface area contributed by atoms with Crippen LogP contribution in [0, 0.1) is 11.3 Å². The van der Waals surface area contributed by atoms with E-state index in [4.69, 9.17) is 5.26 Å². The summed E-state index contributed by atoms with van der Waals surface area (Å²) >= 11 is 4.84. The molecule has 0 spiro atoms. The topological polar surface area (TPSA) is 61.2 Å². The van der Waals surface area contributed by atoms with Crippen LogP contribution >= 0.6 is 27.3 Å². The van der Waals surface area contributed by atoms with E-state index in [-0.39, 0.29) is 0 Å². The first-order valence-corrected chi connectivity index (χ1v) is 8.17. The van der Waals surface area contributed by atoms with Gasteiger partial charge < -0.3 is 0 Å². The van der Waals surface area contributed by atoms with E-state index in [0.29, 0.717) is 13.0 Å². The maximum absolute atomic E-state index is 12.0. The predicted molar refractivity (Wildman–Crippen MR) is 72.1 cm³/mol. The van der Waals surface area contributed by atoms with Gasteiger partial charge >= 0.3 is 0 Å². The fraction of sp³-hybridized carbons (Fsp3) is 0.500. The largest absolute Gasteiger partial charge is 0.230 e. The highest BCUT2D eigenvalue weighted by atomic mass is 79.9. The molecular formula is C10H13BrN2O2S2. The van der Waals surface area contributed by atoms with Crippen molar-refractivity contribution in [3.63, 3.8) is 0 Å². The van der Waals surface area contributed by atoms with E-state index in [0.717, 1.165) is 9.35 Å². The highest BCUT2D eigenvalue weighted by Crippen LogP contribution is 2.25. The Balaban J connectivity index is 2.88. The van der Waals surface area contributed by atoms with Crippen LogP contribution in [0.25, 0.3) is 0 Å². The zero-order valence-corrected chi connectivity index (χ0v) is 12.8. The normalized spacial score (nSPS) is 13.6. The minimum absolute atomic E-state index is 0.290. The molecule has 1 atom stereocenters. The summed E-state index contributed by atoms with van der Waals surface area (Å²) in [5, 5.41) is 9.75. The van der Waals surface area contributed by atoms with Crippen molar-refractivity contribution in [3.8, 4) is 6.07 Å². The Morgan fingerprint density at radius 2 is 2.29 bits per heavy atom. The molecule has 4 nitrogen and oxygen atoms in total. The monoisotopic (exact) mass is 336 g/mol. The van der Waals surface area contributed by atoms with Crippen molar-refractivity contribution in [3.05, 3.63) is 20.8 Å². The van der Waals surface area contributed by atoms with Crippen molar-refractivity contribution in [1.29, 1.82) is 5.26 Å². The van der Waals surface area contributed by atoms with Gasteiger partial charge in [-0.1, -0.05) is 6.92 Å². The van der Waals surface area contributed by atoms with Gasteiger partial charge in [-0.25, -0.2) is 8.42 Å². The standard InChI is InChI=1S/C10H13BrN2O2S2/c1-3-8(6-12)17(14,15)13(2)7-10-9(11)4-5-16-10/h4-5,8H,3,7H2,1-2H3/t8-/m1/s1. The maximum atomic E-state index is 12.0. The lowest BCUT2D eigenvalue weighted by atomic mass is 10.4. The third-order valence-electron chi connectivity index (χ3n) is 2.37. The van der Waals surface area contributed by atoms with Gasteiger partial charge in [0.1, 0.15) is 0 Å². The molecule has 0 radical (unpaired) electrons. The van der Waals surface area contributed by atoms with Crippen molar-refractivity contribution in [2.24, 2.45) is 0 Å². The third-order valence-corrected chi connectivity index (χ3v) is 6.43. The Morgan fingerprint density at radius 1 is 1.65 bits per heavy atom. The molecule has 0 fully saturated rings. The van der Waals surface area contributed by atoms with E-state index in [1.165, 1.54) is 22.7 Å². The molecule has 0 N–H and O–H groups in total. The summed E-state index contributed by atoms with van der Waals surface area (Å²) in [6.45, 7) is 1.99. The number of nitriles is 1. The third kappa shape index (κ3) is 3.28. The Morgan fingerprint density at radius 3 is 2.71 bits per heavy atom. The van der Waals surface area contributed by atoms with Crippen LogP contribution in [0.2, 0.25) is 0 Å². The first kappa shape index (κ1) is 14.6. The lowest BCUT2D eigenvalue weighted by Gasteiger charge is -2.19. The molecule has 17 heavy (non-hydrogen) atoms. The summed E-state index contributed by atoms with van der Waals surface area (Å²) in [6, 6.07) is 3.71. The molecule has 0 saturated heterocycles. The van der Waals surface area contributed by atoms with Crippen LogP contribution in [0.3, 0.4) is 0 Å². The molecule has 1 rings (SSSR count). The Hall–Kier alpha value is -0.420. The smallest absolute Gasteiger partial charge is 0.211 e. The summed E-state index contributed by atoms with van der Waals surface area (Å²) in [5.41, 5.74) is 0. The van der Waals surface area contributed by atoms with Crippen LogP contribution in [-0.4, -0.2) is 25.0 Å². The van der Waals surface area contributed by atoms with Gasteiger partial charge in [-0.05, 0) is 33.8 Å². The average molecular weight is 337 g/mol. The van der Waals surface area contributed by atoms with Crippen molar-refractivity contribution in [1.82, 2.24) is 4.31 Å². The summed E-state index contributed by atoms with van der Waals surface area (Å²) in [4.78, 5) is 0.934. The molecule has 7 heteroatoms. The molecule has 0 bridgehead atoms. The number of hydrogen-bond acceptors (Lipinski definition) is 4. The van der Waals surface area contributed by atoms with Gasteiger partial charge in [0.25, 0.3) is 0 Å². The molecule has 1 heterocycles. The van der Waals surface area contributed by atoms with Crippen LogP contribution in [0.5, 0.6) is 0 Å². The molecule has 0 saturated carbocycles. The maximum Gasteiger partial charge on any atom is 0.230 e. The molecule has 0 amide bonds. The molecule has 0 unspecified atom stereocenters. The summed E-state index contributed by atoms with van der Waals surface area (Å²) in [7, 11) is -2.03. The van der Waals surface area contributed by atoms with Crippen molar-refractivity contribution in [2.45, 2.75) is 25.1 Å². The van der Waals surface area contributed by atoms with Crippen LogP contribution in [0.4, 0.5) is 0 Å². The van der Waals surface area contributed by atoms with Gasteiger partial charge in [-0.3, -0.25) is 0 Å². The first-order valence-electron chi connectivity index (χ1n) is 5.00. The van der Waals surface area contributed by atoms with Gasteiger partial charge in [0.05, 0.1) is 6.07 Å². The minimum atomic E-state index is -3.54. The fourth-order valence-electron chi connectivity index (χ4n) is 1.32. The average Bonchev–Trinajstić information content (AvgIpc) is 2.65. The number of halogens is 1. The lowest BCUT2D eigenvalue weighted by Crippen LogP contribution is -2.34. The Bertz CT molecular complexity index is 519. The molecule has 0 aliphatic carbocycles. The molecule has 0 aliphatic heterocycles. The summed E-state index contributed by atoms with van der Waals surface area (Å²) in [6.07, 6.45) is 0.300. The van der Waals surface area contributed by atoms with Gasteiger partial charge in [0, 0.05) is 22.9 Å². The second kappa shape index (κ2) is 5.96. The molecular weight excluding hydrogens is 324 g/mol. The van der Waals surface area contributed by atoms with Crippen molar-refractivity contribution in [2.75, 3.05) is 7.05 Å². The second-order valence-electron chi connectivity index (χ2n) is 3.52. The van der Waals surface area contributed by atoms with Crippen LogP contribution in [0.1, 0.15) is 18.2 Å². The van der Waals surface area contributed by atoms with E-state index in [1.54, 1.807) is 6.92 Å². The summed E-state index contributed by atoms with van der Waals surface area (Å²) < 4.78 is 26.2. The highest BCUT2D eigenvalue weighted by molar-refractivity contribution is 9.10. The first-order chi connectivity index (χ1) is 7.93. The van der Waals surface area contributed by atoms with E-state index < -0.39 is 15.3 Å². The van der Waals surface area contributed by atoms with Gasteiger partial charge in [0.15, 0.2) is 5.25 Å². The molecule has 0 aliphatic rings. The second-order valence-corrected chi connectivity index (χ2v) is 7.60. The van der Waals surface area contributed by atoms with Crippen molar-refractivity contribution >= 4 is 37.3 Å². The zero-order valence-electron chi connectivity index (χ0n) is 9.55. The van der Waals surface area contributed by atoms with Crippen LogP contribution < -0.4 is 0 Å². The van der Waals surface area contributed by atoms with Crippen LogP contribution in [-0.2, 0) is 16.6 Å². The predicted octanol–water partition coefficient (Wildman–Crippen LogP) is 2.57. The van der Waals surface area contributed by atoms with E-state index in [9.17, 15) is 8.42 Å². The number of sulfonamides is 1. The molecule has 94 valence electrons. The zero-order chi connectivity index (χ0) is 13.1. The number of rotatable bonds is 5. The van der Waals surface area contributed by atoms with Gasteiger partial charge in [0.2, 0.25) is 10.0 Å². The Labute approximate surface area is 114 Å². The van der Waals surface area contributed by atoms with E-state index in [2.05, 4.69) is 15.9 Å². The molecule has 0 aromatic carbocycles. The fourth-order valence-corrected chi connectivity index (χ4v) is 4.23. The summed E-state index contributed by atoms with van der Waals surface area (Å²) in [5.74, 6) is 0. The van der Waals surface area contributed by atoms with Gasteiger partial charge in [-0.2, -0.15) is 9.57 Å². The number of thiophene rings is 1. The van der Waals surface area contributed by atoms with Crippen molar-refractivity contribution < 1.29 is 8.42 Å². The van der Waals surface area contributed by atoms with E-state index >= 15 is 0 Å². The minimum Gasteiger partial charge on any atom is -0.211 e. The number of hydrogen-bond donors (Lipinski definition) is 0. The molecule has 1 aromatic heterocycles. The quantitative estimate of drug-likeness (QED) is 0.830. The van der Waals surface area contributed by atoms with E-state index in [1.807, 2.05) is 17.5 Å². The SMILES string of the molecule is CC[C@H](C#N)S(=O)(=O)N(C)Cc1sccc1Br.